The van der Waals surface area contributed by atoms with Crippen molar-refractivity contribution < 1.29 is 4.42 Å². The first kappa shape index (κ1) is 38.5. The number of fused-ring (bicyclic) bond motifs is 7. The Kier molecular flexibility index (Phi) is 9.17. The predicted molar refractivity (Wildman–Crippen MR) is 282 cm³/mol. The molecule has 13 aromatic rings. The van der Waals surface area contributed by atoms with E-state index in [-0.39, 0.29) is 0 Å². The summed E-state index contributed by atoms with van der Waals surface area (Å²) in [5.41, 5.74) is 18.0. The van der Waals surface area contributed by atoms with Gasteiger partial charge in [-0.25, -0.2) is 0 Å². The molecule has 0 aliphatic heterocycles. The average Bonchev–Trinajstić information content (AvgIpc) is 3.95. The van der Waals surface area contributed by atoms with Crippen molar-refractivity contribution >= 4 is 71.6 Å². The molecule has 0 atom stereocenters. The molecule has 0 aliphatic rings. The van der Waals surface area contributed by atoms with E-state index in [0.717, 1.165) is 61.4 Å². The van der Waals surface area contributed by atoms with Gasteiger partial charge in [0.05, 0.1) is 11.0 Å². The number of furan rings is 1. The number of hydrogen-bond acceptors (Lipinski definition) is 2. The highest BCUT2D eigenvalue weighted by molar-refractivity contribution is 6.09. The van der Waals surface area contributed by atoms with Gasteiger partial charge in [-0.3, -0.25) is 0 Å². The molecule has 0 unspecified atom stereocenters. The first-order valence-electron chi connectivity index (χ1n) is 22.9. The van der Waals surface area contributed by atoms with Gasteiger partial charge in [-0.05, 0) is 134 Å². The zero-order valence-corrected chi connectivity index (χ0v) is 36.6. The Morgan fingerprint density at radius 2 is 0.776 bits per heavy atom. The third kappa shape index (κ3) is 6.76. The van der Waals surface area contributed by atoms with Crippen molar-refractivity contribution in [2.24, 2.45) is 0 Å². The van der Waals surface area contributed by atoms with E-state index >= 15 is 0 Å². The summed E-state index contributed by atoms with van der Waals surface area (Å²) in [4.78, 5) is 2.36. The van der Waals surface area contributed by atoms with Crippen LogP contribution in [0.5, 0.6) is 0 Å². The minimum Gasteiger partial charge on any atom is -0.456 e. The third-order valence-corrected chi connectivity index (χ3v) is 13.4. The molecule has 3 nitrogen and oxygen atoms in total. The van der Waals surface area contributed by atoms with Crippen molar-refractivity contribution in [2.75, 3.05) is 4.90 Å². The fraction of sp³-hybridized carbons (Fsp3) is 0. The van der Waals surface area contributed by atoms with Gasteiger partial charge in [-0.15, -0.1) is 0 Å². The van der Waals surface area contributed by atoms with Crippen molar-refractivity contribution in [3.05, 3.63) is 255 Å². The normalized spacial score (nSPS) is 11.6. The summed E-state index contributed by atoms with van der Waals surface area (Å²) < 4.78 is 8.65. The molecule has 67 heavy (non-hydrogen) atoms. The van der Waals surface area contributed by atoms with Gasteiger partial charge in [-0.1, -0.05) is 176 Å². The summed E-state index contributed by atoms with van der Waals surface area (Å²) in [6.07, 6.45) is 0. The predicted octanol–water partition coefficient (Wildman–Crippen LogP) is 18.0. The van der Waals surface area contributed by atoms with Gasteiger partial charge < -0.3 is 13.9 Å². The molecule has 0 radical (unpaired) electrons. The van der Waals surface area contributed by atoms with Crippen molar-refractivity contribution in [1.29, 1.82) is 0 Å². The highest BCUT2D eigenvalue weighted by Crippen LogP contribution is 2.41. The Bertz CT molecular complexity index is 3910. The molecule has 0 saturated carbocycles. The smallest absolute Gasteiger partial charge is 0.136 e. The van der Waals surface area contributed by atoms with E-state index in [1.165, 1.54) is 60.4 Å². The average molecular weight is 855 g/mol. The largest absolute Gasteiger partial charge is 0.456 e. The Morgan fingerprint density at radius 1 is 0.284 bits per heavy atom. The number of aromatic nitrogens is 1. The van der Waals surface area contributed by atoms with Crippen molar-refractivity contribution in [3.63, 3.8) is 0 Å². The molecule has 0 bridgehead atoms. The Balaban J connectivity index is 0.838. The monoisotopic (exact) mass is 854 g/mol. The number of anilines is 3. The van der Waals surface area contributed by atoms with E-state index in [4.69, 9.17) is 4.42 Å². The van der Waals surface area contributed by atoms with Gasteiger partial charge in [0.15, 0.2) is 0 Å². The zero-order valence-electron chi connectivity index (χ0n) is 36.6. The zero-order chi connectivity index (χ0) is 44.3. The van der Waals surface area contributed by atoms with Crippen molar-refractivity contribution in [2.45, 2.75) is 0 Å². The molecule has 314 valence electrons. The lowest BCUT2D eigenvalue weighted by Crippen LogP contribution is -2.10. The Morgan fingerprint density at radius 3 is 1.48 bits per heavy atom. The molecular formula is C64H42N2O. The van der Waals surface area contributed by atoms with Crippen LogP contribution in [0.15, 0.2) is 259 Å². The van der Waals surface area contributed by atoms with Gasteiger partial charge in [0, 0.05) is 44.3 Å². The van der Waals surface area contributed by atoms with Crippen LogP contribution in [0.25, 0.3) is 105 Å². The number of rotatable bonds is 8. The summed E-state index contributed by atoms with van der Waals surface area (Å²) in [5.74, 6) is 0. The SMILES string of the molecule is c1cc(-c2cccc3ccccc23)cc(N(c2ccc(-c3ccc(-c4cccc(-n5c6ccccc6c6ccccc65)c4)cc3)cc2)c2ccc(-c3ccc4c(c3)oc3ccccc34)cc2)c1. The molecule has 0 amide bonds. The van der Waals surface area contributed by atoms with Crippen LogP contribution in [0.1, 0.15) is 0 Å². The van der Waals surface area contributed by atoms with Crippen LogP contribution in [-0.2, 0) is 0 Å². The lowest BCUT2D eigenvalue weighted by molar-refractivity contribution is 0.669. The maximum absolute atomic E-state index is 6.27. The third-order valence-electron chi connectivity index (χ3n) is 13.4. The molecule has 3 heteroatoms. The topological polar surface area (TPSA) is 21.3 Å². The molecular weight excluding hydrogens is 813 g/mol. The van der Waals surface area contributed by atoms with E-state index in [9.17, 15) is 0 Å². The minimum atomic E-state index is 0.897. The molecule has 0 N–H and O–H groups in total. The maximum Gasteiger partial charge on any atom is 0.136 e. The molecule has 2 aromatic heterocycles. The van der Waals surface area contributed by atoms with Gasteiger partial charge >= 0.3 is 0 Å². The first-order chi connectivity index (χ1) is 33.2. The first-order valence-corrected chi connectivity index (χ1v) is 22.9. The molecule has 13 rings (SSSR count). The van der Waals surface area contributed by atoms with Crippen LogP contribution in [0, 0.1) is 0 Å². The van der Waals surface area contributed by atoms with Gasteiger partial charge in [-0.2, -0.15) is 0 Å². The van der Waals surface area contributed by atoms with E-state index in [2.05, 4.69) is 252 Å². The van der Waals surface area contributed by atoms with Crippen molar-refractivity contribution in [3.8, 4) is 50.2 Å². The molecule has 0 aliphatic carbocycles. The van der Waals surface area contributed by atoms with Gasteiger partial charge in [0.2, 0.25) is 0 Å². The van der Waals surface area contributed by atoms with E-state index in [0.29, 0.717) is 0 Å². The van der Waals surface area contributed by atoms with Crippen LogP contribution in [0.4, 0.5) is 17.1 Å². The second-order valence-corrected chi connectivity index (χ2v) is 17.3. The fourth-order valence-electron chi connectivity index (χ4n) is 10.1. The van der Waals surface area contributed by atoms with Crippen LogP contribution >= 0.6 is 0 Å². The number of hydrogen-bond donors (Lipinski definition) is 0. The summed E-state index contributed by atoms with van der Waals surface area (Å²) in [6.45, 7) is 0. The second-order valence-electron chi connectivity index (χ2n) is 17.3. The number of para-hydroxylation sites is 3. The van der Waals surface area contributed by atoms with Crippen LogP contribution in [-0.4, -0.2) is 4.57 Å². The lowest BCUT2D eigenvalue weighted by atomic mass is 9.97. The molecule has 0 fully saturated rings. The highest BCUT2D eigenvalue weighted by Gasteiger charge is 2.17. The molecule has 0 saturated heterocycles. The lowest BCUT2D eigenvalue weighted by Gasteiger charge is -2.26. The molecule has 0 spiro atoms. The Hall–Kier alpha value is -8.92. The van der Waals surface area contributed by atoms with Crippen LogP contribution in [0.2, 0.25) is 0 Å². The Labute approximate surface area is 388 Å². The summed E-state index contributed by atoms with van der Waals surface area (Å²) >= 11 is 0. The number of nitrogens with zero attached hydrogens (tertiary/aromatic N) is 2. The van der Waals surface area contributed by atoms with Crippen LogP contribution in [0.3, 0.4) is 0 Å². The van der Waals surface area contributed by atoms with Crippen molar-refractivity contribution in [1.82, 2.24) is 4.57 Å². The molecule has 11 aromatic carbocycles. The highest BCUT2D eigenvalue weighted by atomic mass is 16.3. The maximum atomic E-state index is 6.27. The van der Waals surface area contributed by atoms with Gasteiger partial charge in [0.1, 0.15) is 11.2 Å². The van der Waals surface area contributed by atoms with E-state index < -0.39 is 0 Å². The van der Waals surface area contributed by atoms with Gasteiger partial charge in [0.25, 0.3) is 0 Å². The summed E-state index contributed by atoms with van der Waals surface area (Å²) in [7, 11) is 0. The molecule has 2 heterocycles. The van der Waals surface area contributed by atoms with E-state index in [1.54, 1.807) is 0 Å². The fourth-order valence-corrected chi connectivity index (χ4v) is 10.1. The second kappa shape index (κ2) is 16.0. The quantitative estimate of drug-likeness (QED) is 0.152. The summed E-state index contributed by atoms with van der Waals surface area (Å²) in [6, 6.07) is 91.9. The summed E-state index contributed by atoms with van der Waals surface area (Å²) in [5, 5.41) is 7.28. The minimum absolute atomic E-state index is 0.897. The van der Waals surface area contributed by atoms with Crippen LogP contribution < -0.4 is 4.90 Å². The standard InChI is InChI=1S/C64H42N2O/c1-2-18-55-47(12-1)13-11-22-56(55)50-15-10-16-53(41-50)65(52-37-32-46(33-38-52)49-34-39-60-59-21-5-8-25-63(59)67-64(60)42-49)51-35-30-44(31-36-51)43-26-28-45(29-27-43)48-14-9-17-54(40-48)66-61-23-6-3-19-57(61)58-20-4-7-24-62(58)66/h1-42H. The van der Waals surface area contributed by atoms with E-state index in [1.807, 2.05) is 12.1 Å². The number of benzene rings is 11.